The summed E-state index contributed by atoms with van der Waals surface area (Å²) in [4.78, 5) is 14.8. The Hall–Kier alpha value is -2.21. The molecule has 2 saturated heterocycles. The normalized spacial score (nSPS) is 29.4. The van der Waals surface area contributed by atoms with Gasteiger partial charge in [-0.3, -0.25) is 9.69 Å². The van der Waals surface area contributed by atoms with E-state index in [4.69, 9.17) is 9.47 Å². The first-order valence-electron chi connectivity index (χ1n) is 13.8. The van der Waals surface area contributed by atoms with Gasteiger partial charge < -0.3 is 9.47 Å². The number of benzene rings is 2. The van der Waals surface area contributed by atoms with Crippen LogP contribution in [0.15, 0.2) is 30.3 Å². The molecule has 196 valence electrons. The van der Waals surface area contributed by atoms with E-state index in [1.54, 1.807) is 6.07 Å². The van der Waals surface area contributed by atoms with E-state index in [1.807, 2.05) is 18.2 Å². The van der Waals surface area contributed by atoms with Crippen LogP contribution in [-0.4, -0.2) is 36.2 Å². The van der Waals surface area contributed by atoms with Gasteiger partial charge in [0.1, 0.15) is 5.75 Å². The van der Waals surface area contributed by atoms with E-state index in [2.05, 4.69) is 24.8 Å². The predicted octanol–water partition coefficient (Wildman–Crippen LogP) is 7.60. The largest absolute Gasteiger partial charge is 0.490 e. The van der Waals surface area contributed by atoms with Crippen LogP contribution in [0.4, 0.5) is 8.78 Å². The third-order valence-electron chi connectivity index (χ3n) is 8.98. The zero-order valence-corrected chi connectivity index (χ0v) is 21.7. The van der Waals surface area contributed by atoms with Crippen molar-refractivity contribution in [3.05, 3.63) is 41.5 Å². The van der Waals surface area contributed by atoms with Gasteiger partial charge in [0.25, 0.3) is 6.43 Å². The van der Waals surface area contributed by atoms with Crippen molar-refractivity contribution in [1.29, 1.82) is 0 Å². The van der Waals surface area contributed by atoms with E-state index < -0.39 is 6.43 Å². The molecule has 36 heavy (non-hydrogen) atoms. The van der Waals surface area contributed by atoms with Crippen LogP contribution in [-0.2, 0) is 9.53 Å². The van der Waals surface area contributed by atoms with Gasteiger partial charge in [-0.25, -0.2) is 8.78 Å². The first-order valence-corrected chi connectivity index (χ1v) is 13.8. The van der Waals surface area contributed by atoms with E-state index in [-0.39, 0.29) is 29.6 Å². The van der Waals surface area contributed by atoms with Crippen LogP contribution in [0.1, 0.15) is 95.2 Å². The van der Waals surface area contributed by atoms with Crippen molar-refractivity contribution in [2.75, 3.05) is 7.11 Å². The van der Waals surface area contributed by atoms with E-state index in [1.165, 1.54) is 7.11 Å². The lowest BCUT2D eigenvalue weighted by atomic mass is 9.87. The van der Waals surface area contributed by atoms with E-state index in [9.17, 15) is 13.6 Å². The number of piperidine rings is 1. The zero-order valence-electron chi connectivity index (χ0n) is 21.7. The molecular weight excluding hydrogens is 460 g/mol. The van der Waals surface area contributed by atoms with Crippen molar-refractivity contribution in [3.8, 4) is 5.75 Å². The van der Waals surface area contributed by atoms with Crippen LogP contribution in [0.5, 0.6) is 5.75 Å². The first kappa shape index (κ1) is 25.4. The number of hydrogen-bond acceptors (Lipinski definition) is 4. The molecule has 0 N–H and O–H groups in total. The number of esters is 1. The van der Waals surface area contributed by atoms with Gasteiger partial charge in [0.15, 0.2) is 0 Å². The molecule has 0 aromatic heterocycles. The molecule has 6 heteroatoms. The SMILES string of the molecule is CCC(c1ccc2c(C(F)F)c(O[C@H]3CC[C@@H](C)CC3)ccc2c1)N1C2CCC1CC(C(=O)OC)C2. The molecule has 0 radical (unpaired) electrons. The molecule has 3 aliphatic rings. The molecule has 2 aliphatic heterocycles. The van der Waals surface area contributed by atoms with E-state index in [0.29, 0.717) is 29.1 Å². The molecule has 4 nitrogen and oxygen atoms in total. The highest BCUT2D eigenvalue weighted by Gasteiger charge is 2.46. The Bertz CT molecular complexity index is 1070. The van der Waals surface area contributed by atoms with E-state index >= 15 is 0 Å². The van der Waals surface area contributed by atoms with Gasteiger partial charge in [-0.1, -0.05) is 32.0 Å². The van der Waals surface area contributed by atoms with Crippen LogP contribution < -0.4 is 4.74 Å². The fraction of sp³-hybridized carbons (Fsp3) is 0.633. The number of methoxy groups -OCH3 is 1. The highest BCUT2D eigenvalue weighted by molar-refractivity contribution is 5.88. The van der Waals surface area contributed by atoms with Crippen molar-refractivity contribution < 1.29 is 23.0 Å². The van der Waals surface area contributed by atoms with Gasteiger partial charge in [-0.15, -0.1) is 0 Å². The summed E-state index contributed by atoms with van der Waals surface area (Å²) in [6, 6.07) is 10.6. The number of alkyl halides is 2. The summed E-state index contributed by atoms with van der Waals surface area (Å²) in [7, 11) is 1.47. The van der Waals surface area contributed by atoms with Crippen LogP contribution in [0.3, 0.4) is 0 Å². The second-order valence-corrected chi connectivity index (χ2v) is 11.2. The third kappa shape index (κ3) is 4.85. The van der Waals surface area contributed by atoms with Crippen molar-refractivity contribution in [2.24, 2.45) is 11.8 Å². The van der Waals surface area contributed by atoms with Crippen molar-refractivity contribution in [1.82, 2.24) is 4.90 Å². The summed E-state index contributed by atoms with van der Waals surface area (Å²) in [6.45, 7) is 4.43. The minimum atomic E-state index is -2.59. The minimum Gasteiger partial charge on any atom is -0.490 e. The minimum absolute atomic E-state index is 0.0164. The second kappa shape index (κ2) is 10.6. The van der Waals surface area contributed by atoms with Crippen LogP contribution >= 0.6 is 0 Å². The fourth-order valence-electron chi connectivity index (χ4n) is 7.11. The number of carbonyl (C=O) groups excluding carboxylic acids is 1. The highest BCUT2D eigenvalue weighted by atomic mass is 19.3. The highest BCUT2D eigenvalue weighted by Crippen LogP contribution is 2.46. The van der Waals surface area contributed by atoms with Crippen LogP contribution in [0.25, 0.3) is 10.8 Å². The molecule has 2 aromatic rings. The average molecular weight is 500 g/mol. The lowest BCUT2D eigenvalue weighted by molar-refractivity contribution is -0.148. The van der Waals surface area contributed by atoms with Gasteiger partial charge in [-0.2, -0.15) is 0 Å². The Balaban J connectivity index is 1.41. The molecule has 2 aromatic carbocycles. The predicted molar refractivity (Wildman–Crippen MR) is 137 cm³/mol. The van der Waals surface area contributed by atoms with Crippen molar-refractivity contribution in [2.45, 2.75) is 102 Å². The van der Waals surface area contributed by atoms with Gasteiger partial charge in [0.2, 0.25) is 0 Å². The van der Waals surface area contributed by atoms with E-state index in [0.717, 1.165) is 68.7 Å². The van der Waals surface area contributed by atoms with Gasteiger partial charge in [0, 0.05) is 18.1 Å². The average Bonchev–Trinajstić information content (AvgIpc) is 3.12. The Morgan fingerprint density at radius 3 is 2.33 bits per heavy atom. The number of nitrogens with zero attached hydrogens (tertiary/aromatic N) is 1. The second-order valence-electron chi connectivity index (χ2n) is 11.2. The molecule has 3 fully saturated rings. The number of hydrogen-bond donors (Lipinski definition) is 0. The first-order chi connectivity index (χ1) is 17.4. The maximum absolute atomic E-state index is 14.3. The molecule has 3 unspecified atom stereocenters. The number of ether oxygens (including phenoxy) is 2. The molecule has 1 saturated carbocycles. The number of halogens is 2. The number of fused-ring (bicyclic) bond motifs is 3. The molecule has 0 amide bonds. The number of carbonyl (C=O) groups is 1. The summed E-state index contributed by atoms with van der Waals surface area (Å²) < 4.78 is 39.8. The van der Waals surface area contributed by atoms with Gasteiger partial charge in [-0.05, 0) is 92.2 Å². The smallest absolute Gasteiger partial charge is 0.308 e. The van der Waals surface area contributed by atoms with Crippen molar-refractivity contribution in [3.63, 3.8) is 0 Å². The Morgan fingerprint density at radius 1 is 1.03 bits per heavy atom. The summed E-state index contributed by atoms with van der Waals surface area (Å²) in [5.74, 6) is 0.907. The molecule has 1 aliphatic carbocycles. The molecule has 5 rings (SSSR count). The standard InChI is InChI=1S/C30H39F2NO3/c1-4-26(33-22-9-10-23(33)17-21(16-22)30(34)35-3)20-7-13-25-19(15-20)8-14-27(28(25)29(31)32)36-24-11-5-18(2)6-12-24/h7-8,13-15,18,21-24,26,29H,4-6,9-12,16-17H2,1-3H3/t18-,21?,22?,23?,24+,26?. The molecule has 0 spiro atoms. The Morgan fingerprint density at radius 2 is 1.72 bits per heavy atom. The lowest BCUT2D eigenvalue weighted by Crippen LogP contribution is -2.46. The van der Waals surface area contributed by atoms with Crippen molar-refractivity contribution >= 4 is 16.7 Å². The van der Waals surface area contributed by atoms with Crippen LogP contribution in [0, 0.1) is 11.8 Å². The topological polar surface area (TPSA) is 38.8 Å². The number of rotatable bonds is 7. The monoisotopic (exact) mass is 499 g/mol. The lowest BCUT2D eigenvalue weighted by Gasteiger charge is -2.43. The fourth-order valence-corrected chi connectivity index (χ4v) is 7.11. The van der Waals surface area contributed by atoms with Gasteiger partial charge in [0.05, 0.1) is 24.7 Å². The maximum Gasteiger partial charge on any atom is 0.308 e. The Labute approximate surface area is 213 Å². The summed E-state index contributed by atoms with van der Waals surface area (Å²) in [5.41, 5.74) is 1.18. The molecular formula is C30H39F2NO3. The van der Waals surface area contributed by atoms with Crippen LogP contribution in [0.2, 0.25) is 0 Å². The van der Waals surface area contributed by atoms with Gasteiger partial charge >= 0.3 is 5.97 Å². The molecule has 2 bridgehead atoms. The quantitative estimate of drug-likeness (QED) is 0.368. The Kier molecular flexibility index (Phi) is 7.52. The summed E-state index contributed by atoms with van der Waals surface area (Å²) in [6.07, 6.45) is 6.25. The summed E-state index contributed by atoms with van der Waals surface area (Å²) in [5, 5.41) is 1.42. The zero-order chi connectivity index (χ0) is 25.4. The summed E-state index contributed by atoms with van der Waals surface area (Å²) >= 11 is 0. The molecule has 2 heterocycles. The third-order valence-corrected chi connectivity index (χ3v) is 8.98. The molecule has 3 atom stereocenters. The maximum atomic E-state index is 14.3.